The molecule has 0 saturated carbocycles. The Labute approximate surface area is 102 Å². The maximum absolute atomic E-state index is 10.9. The number of hydrogen-bond donors (Lipinski definition) is 2. The number of hydrogen-bond acceptors (Lipinski definition) is 3. The van der Waals surface area contributed by atoms with Crippen LogP contribution in [0.2, 0.25) is 0 Å². The van der Waals surface area contributed by atoms with Crippen LogP contribution in [0, 0.1) is 0 Å². The molecule has 0 aliphatic heterocycles. The first-order valence-electron chi connectivity index (χ1n) is 4.87. The maximum Gasteiger partial charge on any atom is 0.281 e. The topological polar surface area (TPSA) is 54.4 Å². The second-order valence-corrected chi connectivity index (χ2v) is 7.11. The standard InChI is InChI=1S/C11H16O3S2/c1-11(2,3)9-6-4-8(5-7-9)10(15)16(12,13)14/h4-7,10,15H,1-3H3,(H,12,13,14). The van der Waals surface area contributed by atoms with Crippen LogP contribution in [-0.4, -0.2) is 13.0 Å². The Morgan fingerprint density at radius 1 is 1.19 bits per heavy atom. The summed E-state index contributed by atoms with van der Waals surface area (Å²) in [5.74, 6) is 0. The van der Waals surface area contributed by atoms with Gasteiger partial charge in [0, 0.05) is 0 Å². The van der Waals surface area contributed by atoms with E-state index in [0.29, 0.717) is 5.56 Å². The van der Waals surface area contributed by atoms with Crippen LogP contribution in [0.4, 0.5) is 0 Å². The van der Waals surface area contributed by atoms with Crippen molar-refractivity contribution in [2.45, 2.75) is 30.8 Å². The molecule has 90 valence electrons. The lowest BCUT2D eigenvalue weighted by Crippen LogP contribution is -2.11. The minimum atomic E-state index is -4.14. The van der Waals surface area contributed by atoms with Gasteiger partial charge in [0.15, 0.2) is 4.58 Å². The maximum atomic E-state index is 10.9. The van der Waals surface area contributed by atoms with Crippen LogP contribution in [0.1, 0.15) is 36.5 Å². The molecule has 5 heteroatoms. The quantitative estimate of drug-likeness (QED) is 0.635. The summed E-state index contributed by atoms with van der Waals surface area (Å²) < 4.78 is 29.5. The van der Waals surface area contributed by atoms with Crippen LogP contribution in [0.5, 0.6) is 0 Å². The zero-order valence-corrected chi connectivity index (χ0v) is 11.2. The first-order chi connectivity index (χ1) is 7.12. The summed E-state index contributed by atoms with van der Waals surface area (Å²) in [6.45, 7) is 6.22. The van der Waals surface area contributed by atoms with Crippen molar-refractivity contribution in [3.63, 3.8) is 0 Å². The largest absolute Gasteiger partial charge is 0.284 e. The van der Waals surface area contributed by atoms with E-state index in [4.69, 9.17) is 4.55 Å². The first kappa shape index (κ1) is 13.5. The van der Waals surface area contributed by atoms with Crippen molar-refractivity contribution >= 4 is 22.7 Å². The van der Waals surface area contributed by atoms with Gasteiger partial charge in [0.25, 0.3) is 10.1 Å². The predicted octanol–water partition coefficient (Wildman–Crippen LogP) is 2.80. The molecule has 0 aliphatic carbocycles. The molecule has 0 saturated heterocycles. The lowest BCUT2D eigenvalue weighted by molar-refractivity contribution is 0.481. The summed E-state index contributed by atoms with van der Waals surface area (Å²) in [4.78, 5) is 0. The van der Waals surface area contributed by atoms with E-state index in [1.807, 2.05) is 12.1 Å². The van der Waals surface area contributed by atoms with Crippen LogP contribution < -0.4 is 0 Å². The van der Waals surface area contributed by atoms with Crippen molar-refractivity contribution in [1.29, 1.82) is 0 Å². The molecule has 1 aromatic carbocycles. The highest BCUT2D eigenvalue weighted by molar-refractivity contribution is 8.01. The van der Waals surface area contributed by atoms with E-state index in [0.717, 1.165) is 5.56 Å². The van der Waals surface area contributed by atoms with Gasteiger partial charge >= 0.3 is 0 Å². The lowest BCUT2D eigenvalue weighted by Gasteiger charge is -2.19. The fourth-order valence-electron chi connectivity index (χ4n) is 1.32. The molecule has 0 radical (unpaired) electrons. The third-order valence-electron chi connectivity index (χ3n) is 2.34. The number of thiol groups is 1. The second-order valence-electron chi connectivity index (χ2n) is 4.74. The SMILES string of the molecule is CC(C)(C)c1ccc(C(S)S(=O)(=O)O)cc1. The number of benzene rings is 1. The van der Waals surface area contributed by atoms with Crippen molar-refractivity contribution in [3.8, 4) is 0 Å². The molecule has 0 heterocycles. The Morgan fingerprint density at radius 2 is 1.62 bits per heavy atom. The van der Waals surface area contributed by atoms with Gasteiger partial charge in [-0.1, -0.05) is 45.0 Å². The minimum absolute atomic E-state index is 0.0166. The molecule has 16 heavy (non-hydrogen) atoms. The van der Waals surface area contributed by atoms with Crippen LogP contribution in [0.3, 0.4) is 0 Å². The van der Waals surface area contributed by atoms with Gasteiger partial charge in [0.05, 0.1) is 0 Å². The van der Waals surface area contributed by atoms with Gasteiger partial charge < -0.3 is 0 Å². The van der Waals surface area contributed by atoms with Crippen molar-refractivity contribution in [2.24, 2.45) is 0 Å². The van der Waals surface area contributed by atoms with E-state index >= 15 is 0 Å². The third kappa shape index (κ3) is 3.23. The average Bonchev–Trinajstić information content (AvgIpc) is 2.14. The average molecular weight is 260 g/mol. The zero-order valence-electron chi connectivity index (χ0n) is 9.51. The monoisotopic (exact) mass is 260 g/mol. The van der Waals surface area contributed by atoms with Gasteiger partial charge in [-0.05, 0) is 16.5 Å². The lowest BCUT2D eigenvalue weighted by atomic mass is 9.87. The number of rotatable bonds is 2. The van der Waals surface area contributed by atoms with Crippen LogP contribution in [0.15, 0.2) is 24.3 Å². The van der Waals surface area contributed by atoms with Crippen molar-refractivity contribution in [2.75, 3.05) is 0 Å². The molecule has 0 fully saturated rings. The van der Waals surface area contributed by atoms with Crippen molar-refractivity contribution in [1.82, 2.24) is 0 Å². The van der Waals surface area contributed by atoms with E-state index < -0.39 is 14.7 Å². The van der Waals surface area contributed by atoms with Crippen molar-refractivity contribution in [3.05, 3.63) is 35.4 Å². The smallest absolute Gasteiger partial charge is 0.281 e. The summed E-state index contributed by atoms with van der Waals surface area (Å²) >= 11 is 3.87. The first-order valence-corrected chi connectivity index (χ1v) is 6.89. The Morgan fingerprint density at radius 3 is 1.94 bits per heavy atom. The Bertz CT molecular complexity index is 455. The zero-order chi connectivity index (χ0) is 12.6. The molecule has 1 atom stereocenters. The molecule has 1 unspecified atom stereocenters. The highest BCUT2D eigenvalue weighted by Crippen LogP contribution is 2.28. The molecule has 1 rings (SSSR count). The normalized spacial score (nSPS) is 14.8. The summed E-state index contributed by atoms with van der Waals surface area (Å²) in [5, 5.41) is 0. The van der Waals surface area contributed by atoms with Crippen LogP contribution >= 0.6 is 12.6 Å². The van der Waals surface area contributed by atoms with Crippen molar-refractivity contribution < 1.29 is 13.0 Å². The minimum Gasteiger partial charge on any atom is -0.284 e. The fraction of sp³-hybridized carbons (Fsp3) is 0.455. The summed E-state index contributed by atoms with van der Waals surface area (Å²) in [6.07, 6.45) is 0. The predicted molar refractivity (Wildman–Crippen MR) is 68.4 cm³/mol. The van der Waals surface area contributed by atoms with Gasteiger partial charge in [-0.3, -0.25) is 4.55 Å². The second kappa shape index (κ2) is 4.39. The molecule has 0 aliphatic rings. The van der Waals surface area contributed by atoms with Gasteiger partial charge in [0.1, 0.15) is 0 Å². The van der Waals surface area contributed by atoms with E-state index in [-0.39, 0.29) is 5.41 Å². The molecule has 1 aromatic rings. The molecule has 0 amide bonds. The molecule has 0 aromatic heterocycles. The molecule has 1 N–H and O–H groups in total. The molecule has 3 nitrogen and oxygen atoms in total. The van der Waals surface area contributed by atoms with Gasteiger partial charge in [-0.25, -0.2) is 0 Å². The van der Waals surface area contributed by atoms with Crippen LogP contribution in [0.25, 0.3) is 0 Å². The van der Waals surface area contributed by atoms with E-state index in [2.05, 4.69) is 33.4 Å². The molecule has 0 spiro atoms. The van der Waals surface area contributed by atoms with E-state index in [1.165, 1.54) is 0 Å². The highest BCUT2D eigenvalue weighted by Gasteiger charge is 2.21. The molecule has 0 bridgehead atoms. The van der Waals surface area contributed by atoms with Crippen LogP contribution in [-0.2, 0) is 15.5 Å². The summed E-state index contributed by atoms with van der Waals surface area (Å²) in [6, 6.07) is 7.05. The van der Waals surface area contributed by atoms with Gasteiger partial charge in [-0.2, -0.15) is 21.0 Å². The Kier molecular flexibility index (Phi) is 3.72. The summed E-state index contributed by atoms with van der Waals surface area (Å²) in [5.41, 5.74) is 1.59. The Balaban J connectivity index is 3.05. The summed E-state index contributed by atoms with van der Waals surface area (Å²) in [7, 11) is -4.14. The van der Waals surface area contributed by atoms with Gasteiger partial charge in [0.2, 0.25) is 0 Å². The highest BCUT2D eigenvalue weighted by atomic mass is 32.3. The van der Waals surface area contributed by atoms with Gasteiger partial charge in [-0.15, -0.1) is 0 Å². The Hall–Kier alpha value is -0.520. The fourth-order valence-corrected chi connectivity index (χ4v) is 1.99. The molecular formula is C11H16O3S2. The molecular weight excluding hydrogens is 244 g/mol. The van der Waals surface area contributed by atoms with E-state index in [9.17, 15) is 8.42 Å². The van der Waals surface area contributed by atoms with E-state index in [1.54, 1.807) is 12.1 Å². The third-order valence-corrected chi connectivity index (χ3v) is 4.28.